The minimum absolute atomic E-state index is 0.140. The molecule has 1 atom stereocenters. The number of anilines is 1. The van der Waals surface area contributed by atoms with Crippen molar-refractivity contribution in [2.24, 2.45) is 5.92 Å². The van der Waals surface area contributed by atoms with Crippen molar-refractivity contribution in [3.05, 3.63) is 63.9 Å². The van der Waals surface area contributed by atoms with Gasteiger partial charge in [0.1, 0.15) is 5.82 Å². The molecule has 0 radical (unpaired) electrons. The van der Waals surface area contributed by atoms with Gasteiger partial charge in [-0.15, -0.1) is 0 Å². The summed E-state index contributed by atoms with van der Waals surface area (Å²) in [7, 11) is 0. The van der Waals surface area contributed by atoms with Crippen molar-refractivity contribution in [2.45, 2.75) is 12.8 Å². The Morgan fingerprint density at radius 1 is 1.19 bits per heavy atom. The third-order valence-electron chi connectivity index (χ3n) is 4.32. The number of rotatable bonds is 5. The molecule has 136 valence electrons. The zero-order chi connectivity index (χ0) is 18.7. The van der Waals surface area contributed by atoms with Gasteiger partial charge in [0.2, 0.25) is 11.8 Å². The topological polar surface area (TPSA) is 49.4 Å². The average Bonchev–Trinajstić information content (AvgIpc) is 2.98. The Morgan fingerprint density at radius 3 is 2.62 bits per heavy atom. The largest absolute Gasteiger partial charge is 0.355 e. The van der Waals surface area contributed by atoms with E-state index in [1.807, 2.05) is 0 Å². The summed E-state index contributed by atoms with van der Waals surface area (Å²) in [4.78, 5) is 26.1. The van der Waals surface area contributed by atoms with Crippen molar-refractivity contribution in [1.82, 2.24) is 5.32 Å². The zero-order valence-corrected chi connectivity index (χ0v) is 15.4. The molecule has 3 rings (SSSR count). The smallest absolute Gasteiger partial charge is 0.227 e. The fraction of sp³-hybridized carbons (Fsp3) is 0.263. The number of hydrogen-bond acceptors (Lipinski definition) is 2. The van der Waals surface area contributed by atoms with Crippen LogP contribution in [0.1, 0.15) is 12.0 Å². The molecule has 7 heteroatoms. The van der Waals surface area contributed by atoms with Gasteiger partial charge in [-0.25, -0.2) is 4.39 Å². The molecule has 1 heterocycles. The number of amides is 2. The minimum atomic E-state index is -0.428. The second-order valence-corrected chi connectivity index (χ2v) is 7.01. The summed E-state index contributed by atoms with van der Waals surface area (Å²) in [6.45, 7) is 0.708. The molecule has 0 bridgehead atoms. The van der Waals surface area contributed by atoms with Crippen molar-refractivity contribution in [2.75, 3.05) is 18.0 Å². The molecule has 1 aliphatic rings. The quantitative estimate of drug-likeness (QED) is 0.837. The van der Waals surface area contributed by atoms with Crippen LogP contribution in [0.15, 0.2) is 42.5 Å². The van der Waals surface area contributed by atoms with E-state index in [0.717, 1.165) is 5.56 Å². The van der Waals surface area contributed by atoms with E-state index in [9.17, 15) is 14.0 Å². The maximum Gasteiger partial charge on any atom is 0.227 e. The van der Waals surface area contributed by atoms with Gasteiger partial charge in [-0.2, -0.15) is 0 Å². The van der Waals surface area contributed by atoms with Crippen LogP contribution in [-0.2, 0) is 16.0 Å². The van der Waals surface area contributed by atoms with Crippen LogP contribution in [0.25, 0.3) is 0 Å². The first-order valence-electron chi connectivity index (χ1n) is 8.21. The Balaban J connectivity index is 1.56. The molecule has 0 aliphatic carbocycles. The van der Waals surface area contributed by atoms with Crippen LogP contribution in [0.4, 0.5) is 10.1 Å². The van der Waals surface area contributed by atoms with Crippen molar-refractivity contribution in [1.29, 1.82) is 0 Å². The predicted molar refractivity (Wildman–Crippen MR) is 100 cm³/mol. The van der Waals surface area contributed by atoms with Crippen molar-refractivity contribution < 1.29 is 14.0 Å². The third kappa shape index (κ3) is 4.34. The van der Waals surface area contributed by atoms with Crippen LogP contribution in [0.2, 0.25) is 10.0 Å². The number of nitrogens with one attached hydrogen (secondary N) is 1. The van der Waals surface area contributed by atoms with E-state index >= 15 is 0 Å². The van der Waals surface area contributed by atoms with E-state index in [1.54, 1.807) is 30.3 Å². The third-order valence-corrected chi connectivity index (χ3v) is 4.86. The molecule has 2 aromatic carbocycles. The van der Waals surface area contributed by atoms with Gasteiger partial charge < -0.3 is 10.2 Å². The van der Waals surface area contributed by atoms with Gasteiger partial charge in [-0.05, 0) is 42.3 Å². The van der Waals surface area contributed by atoms with Crippen LogP contribution >= 0.6 is 23.2 Å². The van der Waals surface area contributed by atoms with Crippen molar-refractivity contribution in [3.8, 4) is 0 Å². The Labute approximate surface area is 160 Å². The summed E-state index contributed by atoms with van der Waals surface area (Å²) in [5.41, 5.74) is 1.49. The highest BCUT2D eigenvalue weighted by Crippen LogP contribution is 2.33. The maximum absolute atomic E-state index is 12.9. The number of hydrogen-bond donors (Lipinski definition) is 1. The van der Waals surface area contributed by atoms with Crippen LogP contribution in [-0.4, -0.2) is 24.9 Å². The minimum Gasteiger partial charge on any atom is -0.355 e. The van der Waals surface area contributed by atoms with Gasteiger partial charge >= 0.3 is 0 Å². The highest BCUT2D eigenvalue weighted by Gasteiger charge is 2.35. The van der Waals surface area contributed by atoms with Gasteiger partial charge in [0.05, 0.1) is 16.6 Å². The number of benzene rings is 2. The lowest BCUT2D eigenvalue weighted by Crippen LogP contribution is -2.34. The second-order valence-electron chi connectivity index (χ2n) is 6.17. The van der Waals surface area contributed by atoms with Crippen LogP contribution < -0.4 is 10.2 Å². The molecule has 1 saturated heterocycles. The first kappa shape index (κ1) is 18.7. The molecule has 2 amide bonds. The van der Waals surface area contributed by atoms with E-state index in [4.69, 9.17) is 23.2 Å². The molecule has 1 fully saturated rings. The fourth-order valence-corrected chi connectivity index (χ4v) is 3.45. The molecule has 26 heavy (non-hydrogen) atoms. The molecule has 1 unspecified atom stereocenters. The number of nitrogens with zero attached hydrogens (tertiary/aromatic N) is 1. The lowest BCUT2D eigenvalue weighted by atomic mass is 10.1. The van der Waals surface area contributed by atoms with Crippen molar-refractivity contribution >= 4 is 40.7 Å². The van der Waals surface area contributed by atoms with Crippen LogP contribution in [0.5, 0.6) is 0 Å². The Hall–Kier alpha value is -2.11. The molecule has 4 nitrogen and oxygen atoms in total. The van der Waals surface area contributed by atoms with E-state index in [0.29, 0.717) is 28.7 Å². The summed E-state index contributed by atoms with van der Waals surface area (Å²) >= 11 is 12.0. The number of carbonyl (C=O) groups is 2. The monoisotopic (exact) mass is 394 g/mol. The van der Waals surface area contributed by atoms with Gasteiger partial charge in [-0.1, -0.05) is 35.3 Å². The molecule has 2 aromatic rings. The number of carbonyl (C=O) groups excluding carboxylic acids is 2. The average molecular weight is 395 g/mol. The zero-order valence-electron chi connectivity index (χ0n) is 13.8. The highest BCUT2D eigenvalue weighted by atomic mass is 35.5. The SMILES string of the molecule is O=C(NCCc1ccc(F)cc1)C1CC(=O)N(c2ccc(Cl)cc2Cl)C1. The van der Waals surface area contributed by atoms with E-state index in [1.165, 1.54) is 17.0 Å². The Morgan fingerprint density at radius 2 is 1.92 bits per heavy atom. The molecule has 1 aliphatic heterocycles. The molecular weight excluding hydrogens is 378 g/mol. The molecule has 1 N–H and O–H groups in total. The molecule has 0 spiro atoms. The lowest BCUT2D eigenvalue weighted by molar-refractivity contribution is -0.126. The first-order valence-corrected chi connectivity index (χ1v) is 8.97. The Bertz CT molecular complexity index is 827. The van der Waals surface area contributed by atoms with Crippen LogP contribution in [0, 0.1) is 11.7 Å². The summed E-state index contributed by atoms with van der Waals surface area (Å²) in [6, 6.07) is 11.1. The molecule has 0 saturated carbocycles. The standard InChI is InChI=1S/C19H17Cl2FN2O2/c20-14-3-6-17(16(21)10-14)24-11-13(9-18(24)25)19(26)23-8-7-12-1-4-15(22)5-2-12/h1-6,10,13H,7-9,11H2,(H,23,26). The van der Waals surface area contributed by atoms with E-state index in [-0.39, 0.29) is 30.6 Å². The van der Waals surface area contributed by atoms with Gasteiger partial charge in [-0.3, -0.25) is 9.59 Å². The fourth-order valence-electron chi connectivity index (χ4n) is 2.94. The summed E-state index contributed by atoms with van der Waals surface area (Å²) in [5, 5.41) is 3.70. The molecular formula is C19H17Cl2FN2O2. The van der Waals surface area contributed by atoms with E-state index in [2.05, 4.69) is 5.32 Å². The van der Waals surface area contributed by atoms with Crippen LogP contribution in [0.3, 0.4) is 0 Å². The first-order chi connectivity index (χ1) is 12.4. The van der Waals surface area contributed by atoms with E-state index < -0.39 is 5.92 Å². The maximum atomic E-state index is 12.9. The summed E-state index contributed by atoms with van der Waals surface area (Å²) < 4.78 is 12.9. The normalized spacial score (nSPS) is 16.8. The lowest BCUT2D eigenvalue weighted by Gasteiger charge is -2.18. The Kier molecular flexibility index (Phi) is 5.79. The molecule has 0 aromatic heterocycles. The van der Waals surface area contributed by atoms with Gasteiger partial charge in [0.15, 0.2) is 0 Å². The number of halogens is 3. The van der Waals surface area contributed by atoms with Gasteiger partial charge in [0.25, 0.3) is 0 Å². The predicted octanol–water partition coefficient (Wildman–Crippen LogP) is 3.84. The van der Waals surface area contributed by atoms with Crippen molar-refractivity contribution in [3.63, 3.8) is 0 Å². The highest BCUT2D eigenvalue weighted by molar-refractivity contribution is 6.36. The second kappa shape index (κ2) is 8.06. The summed E-state index contributed by atoms with van der Waals surface area (Å²) in [5.74, 6) is -1.04. The van der Waals surface area contributed by atoms with Gasteiger partial charge in [0, 0.05) is 24.5 Å². The summed E-state index contributed by atoms with van der Waals surface area (Å²) in [6.07, 6.45) is 0.737.